The minimum absolute atomic E-state index is 0.0590. The van der Waals surface area contributed by atoms with E-state index in [-0.39, 0.29) is 4.90 Å². The molecular weight excluding hydrogens is 310 g/mol. The first-order valence-electron chi connectivity index (χ1n) is 6.58. The minimum Gasteiger partial charge on any atom is -0.493 e. The topological polar surface area (TPSA) is 48.3 Å². The van der Waals surface area contributed by atoms with E-state index in [0.717, 1.165) is 11.9 Å². The summed E-state index contributed by atoms with van der Waals surface area (Å²) in [5.74, 6) is 6.24. The van der Waals surface area contributed by atoms with Crippen molar-refractivity contribution in [1.29, 1.82) is 0 Å². The van der Waals surface area contributed by atoms with Crippen LogP contribution in [0.15, 0.2) is 29.3 Å². The van der Waals surface area contributed by atoms with Gasteiger partial charge in [-0.2, -0.15) is 0 Å². The first kappa shape index (κ1) is 15.7. The van der Waals surface area contributed by atoms with Gasteiger partial charge in [0.1, 0.15) is 10.6 Å². The van der Waals surface area contributed by atoms with E-state index in [2.05, 4.69) is 11.8 Å². The fourth-order valence-corrected chi connectivity index (χ4v) is 3.15. The fourth-order valence-electron chi connectivity index (χ4n) is 2.09. The van der Waals surface area contributed by atoms with E-state index < -0.39 is 9.05 Å². The van der Waals surface area contributed by atoms with E-state index in [4.69, 9.17) is 15.4 Å². The van der Waals surface area contributed by atoms with Gasteiger partial charge in [0, 0.05) is 16.9 Å². The van der Waals surface area contributed by atoms with Gasteiger partial charge in [0.15, 0.2) is 0 Å². The van der Waals surface area contributed by atoms with E-state index in [1.165, 1.54) is 6.20 Å². The highest BCUT2D eigenvalue weighted by molar-refractivity contribution is 8.14. The summed E-state index contributed by atoms with van der Waals surface area (Å²) in [4.78, 5) is 0.0590. The van der Waals surface area contributed by atoms with Gasteiger partial charge in [-0.3, -0.25) is 0 Å². The number of nitrogens with zero attached hydrogens (tertiary/aromatic N) is 1. The lowest BCUT2D eigenvalue weighted by Crippen LogP contribution is -1.97. The fraction of sp³-hybridized carbons (Fsp3) is 0.333. The zero-order valence-corrected chi connectivity index (χ0v) is 13.5. The number of halogens is 1. The number of rotatable bonds is 5. The molecule has 0 fully saturated rings. The zero-order valence-electron chi connectivity index (χ0n) is 11.9. The molecule has 21 heavy (non-hydrogen) atoms. The van der Waals surface area contributed by atoms with Gasteiger partial charge in [-0.25, -0.2) is 8.42 Å². The third kappa shape index (κ3) is 3.34. The molecule has 4 nitrogen and oxygen atoms in total. The quantitative estimate of drug-likeness (QED) is 0.625. The Morgan fingerprint density at radius 3 is 2.76 bits per heavy atom. The molecule has 0 spiro atoms. The Kier molecular flexibility index (Phi) is 4.81. The lowest BCUT2D eigenvalue weighted by atomic mass is 10.2. The Morgan fingerprint density at radius 1 is 1.38 bits per heavy atom. The maximum absolute atomic E-state index is 11.8. The Morgan fingerprint density at radius 2 is 2.14 bits per heavy atom. The van der Waals surface area contributed by atoms with Crippen LogP contribution in [0.3, 0.4) is 0 Å². The number of fused-ring (bicyclic) bond motifs is 1. The maximum atomic E-state index is 11.8. The van der Waals surface area contributed by atoms with Crippen LogP contribution in [0, 0.1) is 11.8 Å². The Balaban J connectivity index is 2.71. The van der Waals surface area contributed by atoms with E-state index in [0.29, 0.717) is 24.3 Å². The summed E-state index contributed by atoms with van der Waals surface area (Å²) in [5.41, 5.74) is 0.741. The van der Waals surface area contributed by atoms with E-state index in [1.54, 1.807) is 17.6 Å². The lowest BCUT2D eigenvalue weighted by molar-refractivity contribution is 0.321. The molecule has 0 aliphatic heterocycles. The third-order valence-electron chi connectivity index (χ3n) is 2.98. The first-order valence-corrected chi connectivity index (χ1v) is 8.89. The first-order chi connectivity index (χ1) is 9.99. The number of benzene rings is 1. The maximum Gasteiger partial charge on any atom is 0.263 e. The van der Waals surface area contributed by atoms with Crippen LogP contribution in [0.4, 0.5) is 0 Å². The van der Waals surface area contributed by atoms with E-state index in [9.17, 15) is 8.42 Å². The summed E-state index contributed by atoms with van der Waals surface area (Å²) in [5, 5.41) is 0.513. The number of hydrogen-bond acceptors (Lipinski definition) is 3. The van der Waals surface area contributed by atoms with Gasteiger partial charge in [-0.1, -0.05) is 18.9 Å². The van der Waals surface area contributed by atoms with E-state index >= 15 is 0 Å². The molecule has 1 heterocycles. The monoisotopic (exact) mass is 325 g/mol. The van der Waals surface area contributed by atoms with Crippen LogP contribution in [-0.2, 0) is 15.6 Å². The molecule has 1 aromatic heterocycles. The molecule has 112 valence electrons. The SMILES string of the molecule is CC#CCn1cc(S(=O)(=O)Cl)c2c(OCCC)cccc21. The second-order valence-corrected chi connectivity index (χ2v) is 7.02. The standard InChI is InChI=1S/C15H16ClNO3S/c1-3-5-9-17-11-14(21(16,18)19)15-12(17)7-6-8-13(15)20-10-4-2/h6-8,11H,4,9-10H2,1-2H3. The normalized spacial score (nSPS) is 11.2. The minimum atomic E-state index is -3.86. The van der Waals surface area contributed by atoms with Crippen molar-refractivity contribution in [3.63, 3.8) is 0 Å². The molecule has 0 saturated heterocycles. The van der Waals surface area contributed by atoms with Gasteiger partial charge in [0.25, 0.3) is 9.05 Å². The van der Waals surface area contributed by atoms with Crippen LogP contribution in [0.5, 0.6) is 5.75 Å². The van der Waals surface area contributed by atoms with Crippen LogP contribution in [0.25, 0.3) is 10.9 Å². The Hall–Kier alpha value is -1.64. The van der Waals surface area contributed by atoms with Crippen LogP contribution < -0.4 is 4.74 Å². The van der Waals surface area contributed by atoms with Crippen LogP contribution >= 0.6 is 10.7 Å². The van der Waals surface area contributed by atoms with Crippen molar-refractivity contribution < 1.29 is 13.2 Å². The van der Waals surface area contributed by atoms with Crippen molar-refractivity contribution in [2.24, 2.45) is 0 Å². The van der Waals surface area contributed by atoms with Crippen molar-refractivity contribution in [3.05, 3.63) is 24.4 Å². The van der Waals surface area contributed by atoms with Gasteiger partial charge in [0.2, 0.25) is 0 Å². The van der Waals surface area contributed by atoms with Crippen molar-refractivity contribution in [1.82, 2.24) is 4.57 Å². The lowest BCUT2D eigenvalue weighted by Gasteiger charge is -2.07. The largest absolute Gasteiger partial charge is 0.493 e. The van der Waals surface area contributed by atoms with Crippen molar-refractivity contribution >= 4 is 30.6 Å². The van der Waals surface area contributed by atoms with Crippen molar-refractivity contribution in [2.45, 2.75) is 31.7 Å². The second kappa shape index (κ2) is 6.42. The number of hydrogen-bond donors (Lipinski definition) is 0. The van der Waals surface area contributed by atoms with Gasteiger partial charge in [-0.05, 0) is 25.5 Å². The smallest absolute Gasteiger partial charge is 0.263 e. The highest BCUT2D eigenvalue weighted by atomic mass is 35.7. The molecule has 0 bridgehead atoms. The van der Waals surface area contributed by atoms with Gasteiger partial charge < -0.3 is 9.30 Å². The number of aromatic nitrogens is 1. The molecular formula is C15H16ClNO3S. The molecule has 1 aromatic carbocycles. The molecule has 2 aromatic rings. The van der Waals surface area contributed by atoms with Crippen molar-refractivity contribution in [3.8, 4) is 17.6 Å². The summed E-state index contributed by atoms with van der Waals surface area (Å²) >= 11 is 0. The average molecular weight is 326 g/mol. The van der Waals surface area contributed by atoms with Crippen LogP contribution in [0.1, 0.15) is 20.3 Å². The molecule has 0 N–H and O–H groups in total. The third-order valence-corrected chi connectivity index (χ3v) is 4.32. The summed E-state index contributed by atoms with van der Waals surface area (Å²) in [6.07, 6.45) is 2.34. The highest BCUT2D eigenvalue weighted by Gasteiger charge is 2.21. The second-order valence-electron chi connectivity index (χ2n) is 4.48. The molecule has 0 aliphatic rings. The van der Waals surface area contributed by atoms with Crippen LogP contribution in [0.2, 0.25) is 0 Å². The zero-order chi connectivity index (χ0) is 15.5. The molecule has 0 radical (unpaired) electrons. The summed E-state index contributed by atoms with van der Waals surface area (Å²) in [6.45, 7) is 4.64. The summed E-state index contributed by atoms with van der Waals surface area (Å²) in [7, 11) is 1.70. The van der Waals surface area contributed by atoms with Crippen molar-refractivity contribution in [2.75, 3.05) is 6.61 Å². The molecule has 0 amide bonds. The summed E-state index contributed by atoms with van der Waals surface area (Å²) < 4.78 is 31.1. The average Bonchev–Trinajstić information content (AvgIpc) is 2.82. The Labute approximate surface area is 129 Å². The van der Waals surface area contributed by atoms with E-state index in [1.807, 2.05) is 19.1 Å². The van der Waals surface area contributed by atoms with Gasteiger partial charge in [-0.15, -0.1) is 5.92 Å². The number of ether oxygens (including phenoxy) is 1. The van der Waals surface area contributed by atoms with Gasteiger partial charge >= 0.3 is 0 Å². The predicted molar refractivity (Wildman–Crippen MR) is 84.2 cm³/mol. The molecule has 0 saturated carbocycles. The molecule has 2 rings (SSSR count). The predicted octanol–water partition coefficient (Wildman–Crippen LogP) is 3.38. The summed E-state index contributed by atoms with van der Waals surface area (Å²) in [6, 6.07) is 5.41. The molecule has 0 unspecified atom stereocenters. The van der Waals surface area contributed by atoms with Gasteiger partial charge in [0.05, 0.1) is 24.1 Å². The molecule has 0 aliphatic carbocycles. The Bertz CT molecular complexity index is 813. The molecule has 0 atom stereocenters. The molecule has 6 heteroatoms. The van der Waals surface area contributed by atoms with Crippen LogP contribution in [-0.4, -0.2) is 19.6 Å². The highest BCUT2D eigenvalue weighted by Crippen LogP contribution is 2.35.